The van der Waals surface area contributed by atoms with Gasteiger partial charge in [-0.05, 0) is 30.2 Å². The van der Waals surface area contributed by atoms with Crippen LogP contribution in [0.5, 0.6) is 11.5 Å². The number of hydrogen-bond acceptors (Lipinski definition) is 3. The molecule has 0 unspecified atom stereocenters. The summed E-state index contributed by atoms with van der Waals surface area (Å²) in [6.07, 6.45) is 3.97. The predicted octanol–water partition coefficient (Wildman–Crippen LogP) is 6.29. The molecule has 0 bridgehead atoms. The van der Waals surface area contributed by atoms with Gasteiger partial charge in [-0.2, -0.15) is 0 Å². The van der Waals surface area contributed by atoms with Gasteiger partial charge in [-0.25, -0.2) is 0 Å². The van der Waals surface area contributed by atoms with E-state index in [9.17, 15) is 0 Å². The SMILES string of the molecule is CCCCOc1c(/C=N/c2ccccc2OC)cccc1-c1ccccc1. The number of unbranched alkanes of at least 4 members (excludes halogenated alkanes) is 1. The van der Waals surface area contributed by atoms with Crippen molar-refractivity contribution in [1.29, 1.82) is 0 Å². The summed E-state index contributed by atoms with van der Waals surface area (Å²) in [5.74, 6) is 1.62. The molecule has 0 amide bonds. The molecule has 0 saturated heterocycles. The van der Waals surface area contributed by atoms with Gasteiger partial charge in [0.2, 0.25) is 0 Å². The Hall–Kier alpha value is -3.07. The first-order chi connectivity index (χ1) is 13.3. The van der Waals surface area contributed by atoms with Crippen LogP contribution in [0.15, 0.2) is 77.8 Å². The zero-order chi connectivity index (χ0) is 18.9. The second kappa shape index (κ2) is 9.58. The molecule has 0 fully saturated rings. The van der Waals surface area contributed by atoms with Crippen LogP contribution in [-0.2, 0) is 0 Å². The summed E-state index contributed by atoms with van der Waals surface area (Å²) >= 11 is 0. The summed E-state index contributed by atoms with van der Waals surface area (Å²) in [7, 11) is 1.66. The maximum Gasteiger partial charge on any atom is 0.144 e. The van der Waals surface area contributed by atoms with Crippen molar-refractivity contribution in [3.8, 4) is 22.6 Å². The van der Waals surface area contributed by atoms with Crippen LogP contribution in [0.3, 0.4) is 0 Å². The Labute approximate surface area is 161 Å². The van der Waals surface area contributed by atoms with Crippen LogP contribution < -0.4 is 9.47 Å². The van der Waals surface area contributed by atoms with E-state index in [1.807, 2.05) is 60.8 Å². The van der Waals surface area contributed by atoms with E-state index >= 15 is 0 Å². The Morgan fingerprint density at radius 2 is 1.67 bits per heavy atom. The minimum absolute atomic E-state index is 0.690. The monoisotopic (exact) mass is 359 g/mol. The van der Waals surface area contributed by atoms with E-state index in [1.54, 1.807) is 7.11 Å². The zero-order valence-corrected chi connectivity index (χ0v) is 15.9. The maximum absolute atomic E-state index is 6.19. The highest BCUT2D eigenvalue weighted by molar-refractivity contribution is 5.90. The van der Waals surface area contributed by atoms with Crippen LogP contribution in [0.4, 0.5) is 5.69 Å². The number of hydrogen-bond donors (Lipinski definition) is 0. The van der Waals surface area contributed by atoms with Crippen molar-refractivity contribution in [1.82, 2.24) is 0 Å². The molecule has 0 heterocycles. The fourth-order valence-electron chi connectivity index (χ4n) is 2.86. The summed E-state index contributed by atoms with van der Waals surface area (Å²) in [6, 6.07) is 24.2. The largest absolute Gasteiger partial charge is 0.494 e. The zero-order valence-electron chi connectivity index (χ0n) is 15.9. The van der Waals surface area contributed by atoms with E-state index in [0.717, 1.165) is 46.7 Å². The molecule has 0 spiro atoms. The standard InChI is InChI=1S/C24H25NO2/c1-3-4-17-27-24-20(18-25-22-15-8-9-16-23(22)26-2)13-10-14-21(24)19-11-6-5-7-12-19/h5-16,18H,3-4,17H2,1-2H3/b25-18+. The van der Waals surface area contributed by atoms with Gasteiger partial charge in [0.1, 0.15) is 17.2 Å². The predicted molar refractivity (Wildman–Crippen MR) is 113 cm³/mol. The van der Waals surface area contributed by atoms with Crippen LogP contribution >= 0.6 is 0 Å². The Bertz CT molecular complexity index is 888. The first-order valence-corrected chi connectivity index (χ1v) is 9.31. The first kappa shape index (κ1) is 18.7. The lowest BCUT2D eigenvalue weighted by molar-refractivity contribution is 0.310. The second-order valence-corrected chi connectivity index (χ2v) is 6.22. The minimum Gasteiger partial charge on any atom is -0.494 e. The van der Waals surface area contributed by atoms with Crippen LogP contribution in [0.2, 0.25) is 0 Å². The lowest BCUT2D eigenvalue weighted by atomic mass is 10.0. The van der Waals surface area contributed by atoms with Crippen molar-refractivity contribution in [2.24, 2.45) is 4.99 Å². The van der Waals surface area contributed by atoms with Gasteiger partial charge < -0.3 is 9.47 Å². The number of rotatable bonds is 8. The minimum atomic E-state index is 0.690. The molecule has 0 aliphatic rings. The van der Waals surface area contributed by atoms with Crippen LogP contribution in [0, 0.1) is 0 Å². The normalized spacial score (nSPS) is 10.9. The lowest BCUT2D eigenvalue weighted by Gasteiger charge is -2.14. The molecule has 0 saturated carbocycles. The van der Waals surface area contributed by atoms with Gasteiger partial charge in [0, 0.05) is 17.3 Å². The summed E-state index contributed by atoms with van der Waals surface area (Å²) in [5, 5.41) is 0. The number of ether oxygens (including phenoxy) is 2. The third-order valence-corrected chi connectivity index (χ3v) is 4.30. The molecule has 0 N–H and O–H groups in total. The van der Waals surface area contributed by atoms with Gasteiger partial charge in [0.05, 0.1) is 13.7 Å². The summed E-state index contributed by atoms with van der Waals surface area (Å²) in [5.41, 5.74) is 3.97. The Morgan fingerprint density at radius 3 is 2.44 bits per heavy atom. The molecule has 0 atom stereocenters. The van der Waals surface area contributed by atoms with Crippen LogP contribution in [0.25, 0.3) is 11.1 Å². The van der Waals surface area contributed by atoms with E-state index < -0.39 is 0 Å². The number of methoxy groups -OCH3 is 1. The average molecular weight is 359 g/mol. The van der Waals surface area contributed by atoms with Crippen molar-refractivity contribution in [2.75, 3.05) is 13.7 Å². The number of benzene rings is 3. The molecule has 0 radical (unpaired) electrons. The van der Waals surface area contributed by atoms with E-state index in [1.165, 1.54) is 0 Å². The Balaban J connectivity index is 1.99. The highest BCUT2D eigenvalue weighted by Crippen LogP contribution is 2.33. The molecule has 0 aromatic heterocycles. The molecule has 3 aromatic carbocycles. The molecule has 3 rings (SSSR count). The number of aliphatic imine (C=N–C) groups is 1. The average Bonchev–Trinajstić information content (AvgIpc) is 2.73. The molecule has 3 heteroatoms. The molecule has 27 heavy (non-hydrogen) atoms. The first-order valence-electron chi connectivity index (χ1n) is 9.31. The summed E-state index contributed by atoms with van der Waals surface area (Å²) in [4.78, 5) is 4.64. The molecular formula is C24H25NO2. The van der Waals surface area contributed by atoms with Gasteiger partial charge in [0.25, 0.3) is 0 Å². The van der Waals surface area contributed by atoms with E-state index in [-0.39, 0.29) is 0 Å². The molecule has 0 aliphatic heterocycles. The third-order valence-electron chi connectivity index (χ3n) is 4.30. The fourth-order valence-corrected chi connectivity index (χ4v) is 2.86. The molecular weight excluding hydrogens is 334 g/mol. The van der Waals surface area contributed by atoms with Crippen molar-refractivity contribution < 1.29 is 9.47 Å². The summed E-state index contributed by atoms with van der Waals surface area (Å²) in [6.45, 7) is 2.85. The van der Waals surface area contributed by atoms with Crippen molar-refractivity contribution in [2.45, 2.75) is 19.8 Å². The van der Waals surface area contributed by atoms with Gasteiger partial charge in [-0.15, -0.1) is 0 Å². The lowest BCUT2D eigenvalue weighted by Crippen LogP contribution is -2.01. The summed E-state index contributed by atoms with van der Waals surface area (Å²) < 4.78 is 11.6. The van der Waals surface area contributed by atoms with Crippen LogP contribution in [0.1, 0.15) is 25.3 Å². The Kier molecular flexibility index (Phi) is 6.64. The van der Waals surface area contributed by atoms with Crippen molar-refractivity contribution in [3.05, 3.63) is 78.4 Å². The van der Waals surface area contributed by atoms with Crippen molar-refractivity contribution >= 4 is 11.9 Å². The fraction of sp³-hybridized carbons (Fsp3) is 0.208. The molecule has 138 valence electrons. The third kappa shape index (κ3) is 4.76. The number of nitrogens with zero attached hydrogens (tertiary/aromatic N) is 1. The highest BCUT2D eigenvalue weighted by Gasteiger charge is 2.11. The van der Waals surface area contributed by atoms with E-state index in [0.29, 0.717) is 6.61 Å². The quantitative estimate of drug-likeness (QED) is 0.349. The van der Waals surface area contributed by atoms with Gasteiger partial charge in [0.15, 0.2) is 0 Å². The van der Waals surface area contributed by atoms with Crippen molar-refractivity contribution in [3.63, 3.8) is 0 Å². The maximum atomic E-state index is 6.19. The number of para-hydroxylation sites is 3. The van der Waals surface area contributed by atoms with Crippen LogP contribution in [-0.4, -0.2) is 19.9 Å². The Morgan fingerprint density at radius 1 is 0.889 bits per heavy atom. The topological polar surface area (TPSA) is 30.8 Å². The van der Waals surface area contributed by atoms with Gasteiger partial charge in [-0.3, -0.25) is 4.99 Å². The van der Waals surface area contributed by atoms with E-state index in [2.05, 4.69) is 30.1 Å². The highest BCUT2D eigenvalue weighted by atomic mass is 16.5. The molecule has 3 nitrogen and oxygen atoms in total. The molecule has 3 aromatic rings. The van der Waals surface area contributed by atoms with Gasteiger partial charge >= 0.3 is 0 Å². The molecule has 0 aliphatic carbocycles. The van der Waals surface area contributed by atoms with E-state index in [4.69, 9.17) is 9.47 Å². The van der Waals surface area contributed by atoms with Gasteiger partial charge in [-0.1, -0.05) is 67.9 Å². The second-order valence-electron chi connectivity index (χ2n) is 6.22. The smallest absolute Gasteiger partial charge is 0.144 e.